The minimum atomic E-state index is -4.71. The lowest BCUT2D eigenvalue weighted by molar-refractivity contribution is -0.870. The summed E-state index contributed by atoms with van der Waals surface area (Å²) in [5, 5.41) is 3.03. The van der Waals surface area contributed by atoms with Crippen LogP contribution in [0.3, 0.4) is 0 Å². The molecule has 1 N–H and O–H groups in total. The van der Waals surface area contributed by atoms with Gasteiger partial charge in [-0.25, -0.2) is 0 Å². The topological polar surface area (TPSA) is 114 Å². The lowest BCUT2D eigenvalue weighted by Crippen LogP contribution is -2.47. The van der Waals surface area contributed by atoms with E-state index in [2.05, 4.69) is 99.0 Å². The van der Waals surface area contributed by atoms with Crippen LogP contribution >= 0.6 is 7.82 Å². The Labute approximate surface area is 501 Å². The van der Waals surface area contributed by atoms with Crippen LogP contribution < -0.4 is 10.2 Å². The van der Waals surface area contributed by atoms with Crippen LogP contribution in [0.25, 0.3) is 0 Å². The summed E-state index contributed by atoms with van der Waals surface area (Å²) >= 11 is 0. The van der Waals surface area contributed by atoms with Gasteiger partial charge in [-0.15, -0.1) is 0 Å². The van der Waals surface area contributed by atoms with Crippen molar-refractivity contribution in [2.45, 2.75) is 315 Å². The third-order valence-corrected chi connectivity index (χ3v) is 15.8. The average molecular weight is 1150 g/mol. The fourth-order valence-electron chi connectivity index (χ4n) is 9.60. The Morgan fingerprint density at radius 2 is 0.790 bits per heavy atom. The van der Waals surface area contributed by atoms with E-state index in [0.717, 1.165) is 89.9 Å². The number of phosphoric ester groups is 1. The lowest BCUT2D eigenvalue weighted by atomic mass is 10.0. The number of nitrogens with one attached hydrogen (secondary N) is 1. The molecule has 470 valence electrons. The molecule has 0 saturated heterocycles. The highest BCUT2D eigenvalue weighted by molar-refractivity contribution is 7.45. The predicted molar refractivity (Wildman–Crippen MR) is 348 cm³/mol. The minimum absolute atomic E-state index is 0.0302. The van der Waals surface area contributed by atoms with E-state index in [0.29, 0.717) is 23.9 Å². The van der Waals surface area contributed by atoms with Crippen molar-refractivity contribution in [2.24, 2.45) is 0 Å². The van der Waals surface area contributed by atoms with Crippen molar-refractivity contribution in [3.63, 3.8) is 0 Å². The molecule has 0 aliphatic rings. The van der Waals surface area contributed by atoms with Crippen LogP contribution in [0.4, 0.5) is 0 Å². The van der Waals surface area contributed by atoms with Crippen molar-refractivity contribution >= 4 is 19.7 Å². The summed E-state index contributed by atoms with van der Waals surface area (Å²) in [5.74, 6) is -0.574. The molecule has 1 amide bonds. The molecule has 0 fully saturated rings. The molecule has 10 heteroatoms. The van der Waals surface area contributed by atoms with Gasteiger partial charge in [0, 0.05) is 12.8 Å². The SMILES string of the molecule is CC/C=C\C/C=C\C/C=C\C/C=C\C/C=C\CCCCCC(=O)OC(/C=C\CCCCCCCCCCC)C(COP(=O)([O-])OCC[N+](C)(C)C)NC(=O)CCCCCCCCCCCCCCCCC/C=C/CCCCCCCC. The van der Waals surface area contributed by atoms with Crippen LogP contribution in [0.2, 0.25) is 0 Å². The van der Waals surface area contributed by atoms with Crippen LogP contribution in [0, 0.1) is 0 Å². The van der Waals surface area contributed by atoms with Crippen LogP contribution in [-0.2, 0) is 27.9 Å². The molecule has 0 aliphatic heterocycles. The van der Waals surface area contributed by atoms with Gasteiger partial charge in [-0.3, -0.25) is 14.2 Å². The maximum absolute atomic E-state index is 13.6. The first kappa shape index (κ1) is 78.2. The van der Waals surface area contributed by atoms with E-state index < -0.39 is 26.6 Å². The van der Waals surface area contributed by atoms with E-state index in [1.54, 1.807) is 0 Å². The second-order valence-electron chi connectivity index (χ2n) is 23.9. The van der Waals surface area contributed by atoms with Gasteiger partial charge in [0.1, 0.15) is 19.3 Å². The van der Waals surface area contributed by atoms with Gasteiger partial charge in [-0.1, -0.05) is 273 Å². The van der Waals surface area contributed by atoms with Crippen LogP contribution in [0.5, 0.6) is 0 Å². The molecule has 0 aliphatic carbocycles. The molecule has 81 heavy (non-hydrogen) atoms. The summed E-state index contributed by atoms with van der Waals surface area (Å²) in [5.41, 5.74) is 0. The van der Waals surface area contributed by atoms with Gasteiger partial charge in [0.05, 0.1) is 33.8 Å². The normalized spacial score (nSPS) is 14.1. The Balaban J connectivity index is 5.10. The van der Waals surface area contributed by atoms with Gasteiger partial charge in [0.15, 0.2) is 0 Å². The van der Waals surface area contributed by atoms with E-state index >= 15 is 0 Å². The van der Waals surface area contributed by atoms with Gasteiger partial charge in [-0.05, 0) is 102 Å². The van der Waals surface area contributed by atoms with Gasteiger partial charge in [0.25, 0.3) is 7.82 Å². The van der Waals surface area contributed by atoms with Gasteiger partial charge in [-0.2, -0.15) is 0 Å². The Morgan fingerprint density at radius 1 is 0.444 bits per heavy atom. The third-order valence-electron chi connectivity index (χ3n) is 14.8. The molecule has 9 nitrogen and oxygen atoms in total. The van der Waals surface area contributed by atoms with Gasteiger partial charge < -0.3 is 28.5 Å². The Hall–Kier alpha value is -2.81. The number of likely N-dealkylation sites (N-methyl/N-ethyl adjacent to an activating group) is 1. The number of hydrogen-bond acceptors (Lipinski definition) is 7. The molecule has 0 aromatic heterocycles. The number of nitrogens with zero attached hydrogens (tertiary/aromatic N) is 1. The molecule has 0 aromatic rings. The molecule has 0 saturated carbocycles. The first-order valence-electron chi connectivity index (χ1n) is 33.9. The number of ether oxygens (including phenoxy) is 1. The van der Waals surface area contributed by atoms with E-state index in [1.165, 1.54) is 173 Å². The maximum Gasteiger partial charge on any atom is 0.306 e. The van der Waals surface area contributed by atoms with Crippen molar-refractivity contribution in [3.8, 4) is 0 Å². The van der Waals surface area contributed by atoms with Crippen LogP contribution in [-0.4, -0.2) is 69.4 Å². The predicted octanol–water partition coefficient (Wildman–Crippen LogP) is 20.7. The van der Waals surface area contributed by atoms with E-state index in [4.69, 9.17) is 13.8 Å². The number of rotatable bonds is 61. The fourth-order valence-corrected chi connectivity index (χ4v) is 10.3. The Morgan fingerprint density at radius 3 is 1.21 bits per heavy atom. The number of amides is 1. The summed E-state index contributed by atoms with van der Waals surface area (Å²) in [6.07, 6.45) is 80.0. The first-order chi connectivity index (χ1) is 39.4. The highest BCUT2D eigenvalue weighted by Crippen LogP contribution is 2.38. The zero-order chi connectivity index (χ0) is 59.3. The van der Waals surface area contributed by atoms with E-state index in [1.807, 2.05) is 33.3 Å². The standard InChI is InChI=1S/C71H129N2O7P/c1-7-10-13-16-19-22-25-27-29-31-33-34-35-36-37-38-40-41-43-45-48-51-54-57-60-63-70(74)72-68(67-79-81(76,77)78-66-65-73(4,5)6)69(62-59-56-53-50-47-24-21-18-15-12-9-3)80-71(75)64-61-58-55-52-49-46-44-42-39-32-30-28-26-23-20-17-14-11-8-2/h11,14,20,23,27-30,39,42,46,49,59,62,68-69H,7-10,12-13,15-19,21-22,24-26,31-38,40-41,43-45,47-48,50-58,60-61,63-67H2,1-6H3,(H-,72,74,76,77)/b14-11-,23-20-,29-27+,30-28-,42-39-,49-46-,62-59-. The van der Waals surface area contributed by atoms with Crippen molar-refractivity contribution < 1.29 is 37.3 Å². The number of esters is 1. The molecule has 3 unspecified atom stereocenters. The number of unbranched alkanes of at least 4 members (excludes halogenated alkanes) is 33. The lowest BCUT2D eigenvalue weighted by Gasteiger charge is -2.30. The molecule has 0 aromatic carbocycles. The monoisotopic (exact) mass is 1150 g/mol. The Kier molecular flexibility index (Phi) is 58.2. The molecular weight excluding hydrogens is 1020 g/mol. The van der Waals surface area contributed by atoms with Crippen molar-refractivity contribution in [1.82, 2.24) is 5.32 Å². The third kappa shape index (κ3) is 61.6. The highest BCUT2D eigenvalue weighted by atomic mass is 31.2. The number of allylic oxidation sites excluding steroid dienone is 13. The highest BCUT2D eigenvalue weighted by Gasteiger charge is 2.27. The molecular formula is C71H129N2O7P. The largest absolute Gasteiger partial charge is 0.756 e. The van der Waals surface area contributed by atoms with Crippen molar-refractivity contribution in [2.75, 3.05) is 40.9 Å². The number of carbonyl (C=O) groups is 2. The number of hydrogen-bond donors (Lipinski definition) is 1. The summed E-state index contributed by atoms with van der Waals surface area (Å²) in [6, 6.07) is -0.905. The zero-order valence-corrected chi connectivity index (χ0v) is 54.6. The second kappa shape index (κ2) is 60.3. The number of quaternary nitrogens is 1. The van der Waals surface area contributed by atoms with Crippen molar-refractivity contribution in [3.05, 3.63) is 85.1 Å². The average Bonchev–Trinajstić information content (AvgIpc) is 3.44. The summed E-state index contributed by atoms with van der Waals surface area (Å²) in [4.78, 5) is 40.1. The smallest absolute Gasteiger partial charge is 0.306 e. The van der Waals surface area contributed by atoms with Crippen molar-refractivity contribution in [1.29, 1.82) is 0 Å². The van der Waals surface area contributed by atoms with Gasteiger partial charge in [0.2, 0.25) is 5.91 Å². The summed E-state index contributed by atoms with van der Waals surface area (Å²) in [6.45, 7) is 6.72. The second-order valence-corrected chi connectivity index (χ2v) is 25.4. The van der Waals surface area contributed by atoms with E-state index in [9.17, 15) is 19.0 Å². The Bertz CT molecular complexity index is 1660. The van der Waals surface area contributed by atoms with Gasteiger partial charge >= 0.3 is 5.97 Å². The molecule has 0 bridgehead atoms. The summed E-state index contributed by atoms with van der Waals surface area (Å²) in [7, 11) is 1.16. The number of carbonyl (C=O) groups excluding carboxylic acids is 2. The zero-order valence-electron chi connectivity index (χ0n) is 53.7. The molecule has 0 spiro atoms. The first-order valence-corrected chi connectivity index (χ1v) is 35.4. The number of phosphoric acid groups is 1. The van der Waals surface area contributed by atoms with E-state index in [-0.39, 0.29) is 24.9 Å². The maximum atomic E-state index is 13.6. The molecule has 0 rings (SSSR count). The quantitative estimate of drug-likeness (QED) is 0.0212. The fraction of sp³-hybridized carbons (Fsp3) is 0.775. The molecule has 0 radical (unpaired) electrons. The van der Waals surface area contributed by atoms with Crippen LogP contribution in [0.15, 0.2) is 85.1 Å². The molecule has 0 heterocycles. The summed E-state index contributed by atoms with van der Waals surface area (Å²) < 4.78 is 30.3. The van der Waals surface area contributed by atoms with Crippen LogP contribution in [0.1, 0.15) is 303 Å². The minimum Gasteiger partial charge on any atom is -0.756 e. The molecule has 3 atom stereocenters.